The van der Waals surface area contributed by atoms with E-state index >= 15 is 0 Å². The first-order valence-electron chi connectivity index (χ1n) is 7.26. The molecule has 2 heterocycles. The van der Waals surface area contributed by atoms with Crippen LogP contribution in [0.25, 0.3) is 16.7 Å². The van der Waals surface area contributed by atoms with Gasteiger partial charge in [0.05, 0.1) is 17.7 Å². The lowest BCUT2D eigenvalue weighted by Gasteiger charge is -2.09. The number of benzene rings is 1. The Balaban J connectivity index is 1.97. The molecule has 0 aliphatic heterocycles. The van der Waals surface area contributed by atoms with Gasteiger partial charge in [-0.3, -0.25) is 9.36 Å². The van der Waals surface area contributed by atoms with E-state index in [1.165, 1.54) is 4.57 Å². The Labute approximate surface area is 132 Å². The van der Waals surface area contributed by atoms with Crippen molar-refractivity contribution < 1.29 is 4.74 Å². The van der Waals surface area contributed by atoms with E-state index in [9.17, 15) is 4.79 Å². The number of hydrogen-bond acceptors (Lipinski definition) is 3. The van der Waals surface area contributed by atoms with Crippen LogP contribution in [0.4, 0.5) is 0 Å². The maximum atomic E-state index is 12.5. The highest BCUT2D eigenvalue weighted by molar-refractivity contribution is 7.71. The molecule has 0 saturated heterocycles. The monoisotopic (exact) mass is 315 g/mol. The molecule has 0 unspecified atom stereocenters. The number of unbranched alkanes of at least 4 members (excludes halogenated alkanes) is 1. The van der Waals surface area contributed by atoms with Gasteiger partial charge in [0, 0.05) is 6.20 Å². The lowest BCUT2D eigenvalue weighted by molar-refractivity contribution is 0.309. The molecule has 0 fully saturated rings. The molecular formula is C16H17N3O2S. The number of hydrogen-bond donors (Lipinski definition) is 2. The summed E-state index contributed by atoms with van der Waals surface area (Å²) < 4.78 is 7.48. The van der Waals surface area contributed by atoms with Gasteiger partial charge in [-0.1, -0.05) is 13.3 Å². The molecule has 0 aliphatic carbocycles. The summed E-state index contributed by atoms with van der Waals surface area (Å²) in [7, 11) is 0. The van der Waals surface area contributed by atoms with Crippen LogP contribution in [0.5, 0.6) is 5.75 Å². The van der Waals surface area contributed by atoms with Gasteiger partial charge < -0.3 is 14.7 Å². The fourth-order valence-electron chi connectivity index (χ4n) is 2.29. The SMILES string of the molecule is CCCCOc1ccc(-n2c(=S)[nH]c3[nH]ccc3c2=O)cc1. The number of nitrogens with one attached hydrogen (secondary N) is 2. The minimum atomic E-state index is -0.139. The van der Waals surface area contributed by atoms with Crippen LogP contribution in [0.3, 0.4) is 0 Å². The summed E-state index contributed by atoms with van der Waals surface area (Å²) in [5, 5.41) is 0.580. The summed E-state index contributed by atoms with van der Waals surface area (Å²) >= 11 is 5.29. The lowest BCUT2D eigenvalue weighted by atomic mass is 10.3. The van der Waals surface area contributed by atoms with E-state index in [4.69, 9.17) is 17.0 Å². The Morgan fingerprint density at radius 1 is 1.23 bits per heavy atom. The summed E-state index contributed by atoms with van der Waals surface area (Å²) in [5.74, 6) is 0.794. The summed E-state index contributed by atoms with van der Waals surface area (Å²) in [6, 6.07) is 9.12. The first kappa shape index (κ1) is 14.6. The molecule has 0 spiro atoms. The van der Waals surface area contributed by atoms with Gasteiger partial charge in [-0.2, -0.15) is 0 Å². The van der Waals surface area contributed by atoms with Crippen molar-refractivity contribution in [3.8, 4) is 11.4 Å². The predicted molar refractivity (Wildman–Crippen MR) is 89.5 cm³/mol. The number of fused-ring (bicyclic) bond motifs is 1. The smallest absolute Gasteiger partial charge is 0.268 e. The van der Waals surface area contributed by atoms with E-state index in [1.807, 2.05) is 24.3 Å². The molecular weight excluding hydrogens is 298 g/mol. The van der Waals surface area contributed by atoms with E-state index in [0.29, 0.717) is 22.4 Å². The third kappa shape index (κ3) is 2.69. The molecule has 6 heteroatoms. The van der Waals surface area contributed by atoms with Crippen molar-refractivity contribution >= 4 is 23.3 Å². The van der Waals surface area contributed by atoms with Crippen LogP contribution >= 0.6 is 12.2 Å². The van der Waals surface area contributed by atoms with Gasteiger partial charge in [0.25, 0.3) is 5.56 Å². The van der Waals surface area contributed by atoms with Crippen LogP contribution < -0.4 is 10.3 Å². The number of ether oxygens (including phenoxy) is 1. The zero-order valence-corrected chi connectivity index (χ0v) is 13.1. The fourth-order valence-corrected chi connectivity index (χ4v) is 2.58. The maximum absolute atomic E-state index is 12.5. The largest absolute Gasteiger partial charge is 0.494 e. The quantitative estimate of drug-likeness (QED) is 0.559. The maximum Gasteiger partial charge on any atom is 0.268 e. The van der Waals surface area contributed by atoms with Gasteiger partial charge >= 0.3 is 0 Å². The van der Waals surface area contributed by atoms with E-state index in [1.54, 1.807) is 12.3 Å². The highest BCUT2D eigenvalue weighted by Crippen LogP contribution is 2.16. The number of H-pyrrole nitrogens is 2. The van der Waals surface area contributed by atoms with Crippen molar-refractivity contribution in [3.05, 3.63) is 51.7 Å². The summed E-state index contributed by atoms with van der Waals surface area (Å²) in [6.45, 7) is 2.82. The van der Waals surface area contributed by atoms with Crippen LogP contribution in [0.2, 0.25) is 0 Å². The molecule has 114 valence electrons. The molecule has 2 N–H and O–H groups in total. The Hall–Kier alpha value is -2.34. The average Bonchev–Trinajstić information content (AvgIpc) is 2.97. The number of rotatable bonds is 5. The van der Waals surface area contributed by atoms with Gasteiger partial charge in [0.15, 0.2) is 4.77 Å². The average molecular weight is 315 g/mol. The molecule has 3 aromatic rings. The van der Waals surface area contributed by atoms with Gasteiger partial charge in [0.1, 0.15) is 11.4 Å². The first-order chi connectivity index (χ1) is 10.7. The second kappa shape index (κ2) is 6.19. The zero-order valence-electron chi connectivity index (χ0n) is 12.3. The number of aromatic nitrogens is 3. The van der Waals surface area contributed by atoms with Crippen LogP contribution in [0.15, 0.2) is 41.3 Å². The number of nitrogens with zero attached hydrogens (tertiary/aromatic N) is 1. The predicted octanol–water partition coefficient (Wildman–Crippen LogP) is 3.56. The van der Waals surface area contributed by atoms with Crippen molar-refractivity contribution in [1.82, 2.24) is 14.5 Å². The van der Waals surface area contributed by atoms with Crippen molar-refractivity contribution in [2.24, 2.45) is 0 Å². The second-order valence-electron chi connectivity index (χ2n) is 5.03. The van der Waals surface area contributed by atoms with E-state index in [0.717, 1.165) is 24.3 Å². The first-order valence-corrected chi connectivity index (χ1v) is 7.67. The summed E-state index contributed by atoms with van der Waals surface area (Å²) in [5.41, 5.74) is 1.22. The molecule has 22 heavy (non-hydrogen) atoms. The van der Waals surface area contributed by atoms with Gasteiger partial charge in [0.2, 0.25) is 0 Å². The van der Waals surface area contributed by atoms with Crippen LogP contribution in [0.1, 0.15) is 19.8 Å². The molecule has 2 aromatic heterocycles. The third-order valence-corrected chi connectivity index (χ3v) is 3.76. The normalized spacial score (nSPS) is 11.0. The topological polar surface area (TPSA) is 62.8 Å². The fraction of sp³-hybridized carbons (Fsp3) is 0.250. The van der Waals surface area contributed by atoms with Crippen molar-refractivity contribution in [2.45, 2.75) is 19.8 Å². The Morgan fingerprint density at radius 2 is 2.00 bits per heavy atom. The third-order valence-electron chi connectivity index (χ3n) is 3.48. The standard InChI is InChI=1S/C16H17N3O2S/c1-2-3-10-21-12-6-4-11(5-7-12)19-15(20)13-8-9-17-14(13)18-16(19)22/h4-9,17H,2-3,10H2,1H3,(H,18,22). The Kier molecular flexibility index (Phi) is 4.11. The molecule has 1 aromatic carbocycles. The Bertz CT molecular complexity index is 890. The highest BCUT2D eigenvalue weighted by atomic mass is 32.1. The molecule has 0 saturated carbocycles. The van der Waals surface area contributed by atoms with E-state index < -0.39 is 0 Å². The van der Waals surface area contributed by atoms with Crippen molar-refractivity contribution in [3.63, 3.8) is 0 Å². The molecule has 0 bridgehead atoms. The molecule has 0 aliphatic rings. The summed E-state index contributed by atoms with van der Waals surface area (Å²) in [6.07, 6.45) is 3.84. The lowest BCUT2D eigenvalue weighted by Crippen LogP contribution is -2.19. The van der Waals surface area contributed by atoms with Gasteiger partial charge in [-0.05, 0) is 49.0 Å². The van der Waals surface area contributed by atoms with Gasteiger partial charge in [-0.15, -0.1) is 0 Å². The summed E-state index contributed by atoms with van der Waals surface area (Å²) in [4.78, 5) is 18.5. The van der Waals surface area contributed by atoms with Gasteiger partial charge in [-0.25, -0.2) is 0 Å². The van der Waals surface area contributed by atoms with Crippen molar-refractivity contribution in [1.29, 1.82) is 0 Å². The van der Waals surface area contributed by atoms with Crippen LogP contribution in [-0.4, -0.2) is 21.1 Å². The Morgan fingerprint density at radius 3 is 2.73 bits per heavy atom. The molecule has 0 radical (unpaired) electrons. The van der Waals surface area contributed by atoms with Crippen LogP contribution in [0, 0.1) is 4.77 Å². The van der Waals surface area contributed by atoms with E-state index in [-0.39, 0.29) is 5.56 Å². The second-order valence-corrected chi connectivity index (χ2v) is 5.42. The molecule has 0 atom stereocenters. The zero-order chi connectivity index (χ0) is 15.5. The van der Waals surface area contributed by atoms with E-state index in [2.05, 4.69) is 16.9 Å². The minimum Gasteiger partial charge on any atom is -0.494 e. The number of aromatic amines is 2. The highest BCUT2D eigenvalue weighted by Gasteiger charge is 2.08. The van der Waals surface area contributed by atoms with Crippen LogP contribution in [-0.2, 0) is 0 Å². The molecule has 0 amide bonds. The molecule has 3 rings (SSSR count). The van der Waals surface area contributed by atoms with Crippen molar-refractivity contribution in [2.75, 3.05) is 6.61 Å². The molecule has 5 nitrogen and oxygen atoms in total. The minimum absolute atomic E-state index is 0.139.